The summed E-state index contributed by atoms with van der Waals surface area (Å²) in [5, 5.41) is 19.8. The van der Waals surface area contributed by atoms with Crippen LogP contribution in [0.4, 0.5) is 24.7 Å². The van der Waals surface area contributed by atoms with E-state index in [-0.39, 0.29) is 5.56 Å². The number of pyridine rings is 1. The zero-order chi connectivity index (χ0) is 27.5. The van der Waals surface area contributed by atoms with Crippen LogP contribution < -0.4 is 10.2 Å². The van der Waals surface area contributed by atoms with Gasteiger partial charge in [-0.25, -0.2) is 19.6 Å². The van der Waals surface area contributed by atoms with Crippen LogP contribution in [0.15, 0.2) is 84.0 Å². The first-order valence-corrected chi connectivity index (χ1v) is 11.5. The summed E-state index contributed by atoms with van der Waals surface area (Å²) < 4.78 is 31.7. The molecule has 0 bridgehead atoms. The highest BCUT2D eigenvalue weighted by atomic mass is 19.4. The first-order valence-electron chi connectivity index (χ1n) is 11.5. The predicted octanol–water partition coefficient (Wildman–Crippen LogP) is 4.20. The number of anilines is 2. The SMILES string of the molecule is O=C(O)C(F)(F)F.O=C(O)c1cccc(NC(=NCc2ccccc2)N2CCN(c3ccccn3)CC2)c1. The van der Waals surface area contributed by atoms with E-state index in [4.69, 9.17) is 14.9 Å². The summed E-state index contributed by atoms with van der Waals surface area (Å²) in [7, 11) is 0. The molecule has 12 heteroatoms. The first kappa shape index (κ1) is 28.0. The van der Waals surface area contributed by atoms with Gasteiger partial charge >= 0.3 is 18.1 Å². The zero-order valence-corrected chi connectivity index (χ0v) is 20.2. The number of aliphatic carboxylic acids is 1. The summed E-state index contributed by atoms with van der Waals surface area (Å²) in [5.41, 5.74) is 2.07. The summed E-state index contributed by atoms with van der Waals surface area (Å²) in [6, 6.07) is 22.8. The highest BCUT2D eigenvalue weighted by Gasteiger charge is 2.38. The van der Waals surface area contributed by atoms with Crippen LogP contribution in [0, 0.1) is 0 Å². The van der Waals surface area contributed by atoms with Crippen LogP contribution in [0.1, 0.15) is 15.9 Å². The van der Waals surface area contributed by atoms with Gasteiger partial charge in [-0.2, -0.15) is 13.2 Å². The number of benzene rings is 2. The fourth-order valence-corrected chi connectivity index (χ4v) is 3.52. The van der Waals surface area contributed by atoms with E-state index in [1.807, 2.05) is 60.8 Å². The molecule has 3 aromatic rings. The molecule has 0 unspecified atom stereocenters. The molecule has 0 radical (unpaired) electrons. The van der Waals surface area contributed by atoms with Crippen molar-refractivity contribution in [2.75, 3.05) is 36.4 Å². The number of carboxylic acids is 2. The van der Waals surface area contributed by atoms with Crippen molar-refractivity contribution in [2.24, 2.45) is 4.99 Å². The number of rotatable bonds is 5. The second-order valence-electron chi connectivity index (χ2n) is 8.10. The minimum atomic E-state index is -5.08. The van der Waals surface area contributed by atoms with Crippen LogP contribution in [0.25, 0.3) is 0 Å². The Morgan fingerprint density at radius 3 is 2.16 bits per heavy atom. The third-order valence-electron chi connectivity index (χ3n) is 5.41. The van der Waals surface area contributed by atoms with Crippen molar-refractivity contribution in [3.05, 3.63) is 90.1 Å². The number of halogens is 3. The van der Waals surface area contributed by atoms with Gasteiger partial charge in [-0.05, 0) is 35.9 Å². The standard InChI is InChI=1S/C24H25N5O2.C2HF3O2/c30-23(31)20-9-6-10-21(17-20)27-24(26-18-19-7-2-1-3-8-19)29-15-13-28(14-16-29)22-11-4-5-12-25-22;3-2(4,5)1(6)7/h1-12,17H,13-16,18H2,(H,26,27)(H,30,31);(H,6,7). The molecule has 0 saturated carbocycles. The van der Waals surface area contributed by atoms with E-state index in [0.717, 1.165) is 43.5 Å². The predicted molar refractivity (Wildman–Crippen MR) is 136 cm³/mol. The molecule has 2 aromatic carbocycles. The Morgan fingerprint density at radius 2 is 1.58 bits per heavy atom. The van der Waals surface area contributed by atoms with Crippen LogP contribution >= 0.6 is 0 Å². The Balaban J connectivity index is 0.000000505. The normalized spacial score (nSPS) is 13.8. The lowest BCUT2D eigenvalue weighted by atomic mass is 10.2. The largest absolute Gasteiger partial charge is 0.490 e. The van der Waals surface area contributed by atoms with Gasteiger partial charge in [-0.15, -0.1) is 0 Å². The van der Waals surface area contributed by atoms with Gasteiger partial charge in [0.2, 0.25) is 0 Å². The molecule has 1 aromatic heterocycles. The van der Waals surface area contributed by atoms with Crippen molar-refractivity contribution in [2.45, 2.75) is 12.7 Å². The molecule has 0 spiro atoms. The molecule has 2 heterocycles. The Bertz CT molecular complexity index is 1230. The Labute approximate surface area is 216 Å². The number of aliphatic imine (C=N–C) groups is 1. The first-order chi connectivity index (χ1) is 18.1. The lowest BCUT2D eigenvalue weighted by Gasteiger charge is -2.37. The molecule has 1 saturated heterocycles. The van der Waals surface area contributed by atoms with Crippen molar-refractivity contribution in [3.63, 3.8) is 0 Å². The Hall–Kier alpha value is -4.61. The number of guanidine groups is 1. The molecule has 3 N–H and O–H groups in total. The van der Waals surface area contributed by atoms with Crippen molar-refractivity contribution >= 4 is 29.4 Å². The minimum Gasteiger partial charge on any atom is -0.478 e. The van der Waals surface area contributed by atoms with E-state index in [0.29, 0.717) is 12.2 Å². The van der Waals surface area contributed by atoms with Crippen LogP contribution in [-0.2, 0) is 11.3 Å². The van der Waals surface area contributed by atoms with Gasteiger partial charge in [0, 0.05) is 38.1 Å². The maximum absolute atomic E-state index is 11.3. The van der Waals surface area contributed by atoms with Crippen molar-refractivity contribution in [1.82, 2.24) is 9.88 Å². The molecule has 1 fully saturated rings. The monoisotopic (exact) mass is 529 g/mol. The molecule has 1 aliphatic rings. The maximum Gasteiger partial charge on any atom is 0.490 e. The lowest BCUT2D eigenvalue weighted by Crippen LogP contribution is -2.51. The molecular formula is C26H26F3N5O4. The Kier molecular flexibility index (Phi) is 9.63. The number of aromatic nitrogens is 1. The second kappa shape index (κ2) is 13.1. The van der Waals surface area contributed by atoms with Crippen LogP contribution in [0.5, 0.6) is 0 Å². The smallest absolute Gasteiger partial charge is 0.478 e. The number of carboxylic acid groups (broad SMARTS) is 2. The molecule has 9 nitrogen and oxygen atoms in total. The number of alkyl halides is 3. The highest BCUT2D eigenvalue weighted by molar-refractivity contribution is 5.96. The topological polar surface area (TPSA) is 118 Å². The number of piperazine rings is 1. The summed E-state index contributed by atoms with van der Waals surface area (Å²) >= 11 is 0. The number of nitrogens with zero attached hydrogens (tertiary/aromatic N) is 4. The summed E-state index contributed by atoms with van der Waals surface area (Å²) in [4.78, 5) is 34.0. The fraction of sp³-hybridized carbons (Fsp3) is 0.231. The average molecular weight is 530 g/mol. The Morgan fingerprint density at radius 1 is 0.921 bits per heavy atom. The van der Waals surface area contributed by atoms with Gasteiger partial charge in [0.25, 0.3) is 0 Å². The van der Waals surface area contributed by atoms with Gasteiger partial charge in [0.1, 0.15) is 5.82 Å². The van der Waals surface area contributed by atoms with E-state index in [1.165, 1.54) is 0 Å². The fourth-order valence-electron chi connectivity index (χ4n) is 3.52. The third kappa shape index (κ3) is 8.50. The quantitative estimate of drug-likeness (QED) is 0.333. The number of carbonyl (C=O) groups is 2. The molecule has 0 amide bonds. The van der Waals surface area contributed by atoms with E-state index < -0.39 is 18.1 Å². The molecule has 200 valence electrons. The number of nitrogens with one attached hydrogen (secondary N) is 1. The van der Waals surface area contributed by atoms with E-state index in [9.17, 15) is 23.1 Å². The van der Waals surface area contributed by atoms with E-state index in [1.54, 1.807) is 18.2 Å². The average Bonchev–Trinajstić information content (AvgIpc) is 2.92. The van der Waals surface area contributed by atoms with E-state index >= 15 is 0 Å². The van der Waals surface area contributed by atoms with Crippen LogP contribution in [-0.4, -0.2) is 70.4 Å². The van der Waals surface area contributed by atoms with Gasteiger partial charge in [-0.3, -0.25) is 0 Å². The molecule has 1 aliphatic heterocycles. The molecule has 0 aliphatic carbocycles. The van der Waals surface area contributed by atoms with Crippen LogP contribution in [0.2, 0.25) is 0 Å². The number of hydrogen-bond donors (Lipinski definition) is 3. The van der Waals surface area contributed by atoms with Crippen molar-refractivity contribution in [3.8, 4) is 0 Å². The zero-order valence-electron chi connectivity index (χ0n) is 20.2. The van der Waals surface area contributed by atoms with Gasteiger partial charge < -0.3 is 25.3 Å². The van der Waals surface area contributed by atoms with Crippen LogP contribution in [0.3, 0.4) is 0 Å². The molecular weight excluding hydrogens is 503 g/mol. The number of aromatic carboxylic acids is 1. The minimum absolute atomic E-state index is 0.243. The highest BCUT2D eigenvalue weighted by Crippen LogP contribution is 2.16. The second-order valence-corrected chi connectivity index (χ2v) is 8.10. The van der Waals surface area contributed by atoms with Crippen molar-refractivity contribution in [1.29, 1.82) is 0 Å². The molecule has 38 heavy (non-hydrogen) atoms. The summed E-state index contributed by atoms with van der Waals surface area (Å²) in [6.45, 7) is 3.78. The van der Waals surface area contributed by atoms with Crippen molar-refractivity contribution < 1.29 is 33.0 Å². The van der Waals surface area contributed by atoms with Gasteiger partial charge in [0.05, 0.1) is 12.1 Å². The molecule has 4 rings (SSSR count). The third-order valence-corrected chi connectivity index (χ3v) is 5.41. The van der Waals surface area contributed by atoms with Gasteiger partial charge in [0.15, 0.2) is 5.96 Å². The lowest BCUT2D eigenvalue weighted by molar-refractivity contribution is -0.192. The number of hydrogen-bond acceptors (Lipinski definition) is 5. The maximum atomic E-state index is 11.3. The molecule has 0 atom stereocenters. The van der Waals surface area contributed by atoms with Gasteiger partial charge in [-0.1, -0.05) is 42.5 Å². The summed E-state index contributed by atoms with van der Waals surface area (Å²) in [5.74, 6) is -1.98. The van der Waals surface area contributed by atoms with E-state index in [2.05, 4.69) is 20.1 Å². The summed E-state index contributed by atoms with van der Waals surface area (Å²) in [6.07, 6.45) is -3.27.